The van der Waals surface area contributed by atoms with Crippen molar-refractivity contribution in [2.45, 2.75) is 0 Å². The summed E-state index contributed by atoms with van der Waals surface area (Å²) in [7, 11) is 2.38. The summed E-state index contributed by atoms with van der Waals surface area (Å²) in [5.41, 5.74) is 0.160. The number of urea groups is 1. The number of barbiturate groups is 1. The molecule has 8 nitrogen and oxygen atoms in total. The van der Waals surface area contributed by atoms with Crippen molar-refractivity contribution in [3.63, 3.8) is 0 Å². The first kappa shape index (κ1) is 17.3. The van der Waals surface area contributed by atoms with Crippen LogP contribution in [0.15, 0.2) is 45.8 Å². The predicted octanol–water partition coefficient (Wildman–Crippen LogP) is 1.04. The minimum absolute atomic E-state index is 0.102. The number of imide groups is 2. The number of allylic oxidation sites excluding steroid dienone is 1. The van der Waals surface area contributed by atoms with E-state index in [9.17, 15) is 24.0 Å². The Kier molecular flexibility index (Phi) is 4.25. The molecular formula is C18H14N2O6. The van der Waals surface area contributed by atoms with E-state index in [2.05, 4.69) is 0 Å². The van der Waals surface area contributed by atoms with Crippen LogP contribution in [-0.2, 0) is 14.4 Å². The molecule has 0 spiro atoms. The van der Waals surface area contributed by atoms with E-state index in [1.54, 1.807) is 24.3 Å². The Balaban J connectivity index is 1.91. The van der Waals surface area contributed by atoms with Gasteiger partial charge in [-0.15, -0.1) is 0 Å². The van der Waals surface area contributed by atoms with Gasteiger partial charge in [0, 0.05) is 14.1 Å². The van der Waals surface area contributed by atoms with Crippen LogP contribution in [0.3, 0.4) is 0 Å². The topological polar surface area (TPSA) is 105 Å². The number of hydrogen-bond donors (Lipinski definition) is 0. The maximum atomic E-state index is 12.4. The molecule has 132 valence electrons. The molecule has 2 aromatic rings. The van der Waals surface area contributed by atoms with Gasteiger partial charge in [-0.2, -0.15) is 0 Å². The summed E-state index contributed by atoms with van der Waals surface area (Å²) in [5.74, 6) is -4.28. The second-order valence-electron chi connectivity index (χ2n) is 5.76. The Hall–Kier alpha value is -3.55. The molecule has 8 heteroatoms. The van der Waals surface area contributed by atoms with Crippen molar-refractivity contribution in [1.29, 1.82) is 0 Å². The molecule has 26 heavy (non-hydrogen) atoms. The number of amides is 4. The number of hydrogen-bond acceptors (Lipinski definition) is 6. The van der Waals surface area contributed by atoms with E-state index >= 15 is 0 Å². The van der Waals surface area contributed by atoms with Crippen LogP contribution in [0, 0.1) is 5.92 Å². The van der Waals surface area contributed by atoms with E-state index in [1.807, 2.05) is 0 Å². The highest BCUT2D eigenvalue weighted by atomic mass is 16.3. The van der Waals surface area contributed by atoms with E-state index in [0.717, 1.165) is 6.08 Å². The lowest BCUT2D eigenvalue weighted by molar-refractivity contribution is -0.150. The van der Waals surface area contributed by atoms with Crippen LogP contribution in [-0.4, -0.2) is 47.5 Å². The van der Waals surface area contributed by atoms with E-state index in [-0.39, 0.29) is 11.0 Å². The van der Waals surface area contributed by atoms with Crippen LogP contribution in [0.5, 0.6) is 0 Å². The third-order valence-electron chi connectivity index (χ3n) is 4.15. The van der Waals surface area contributed by atoms with Gasteiger partial charge in [-0.1, -0.05) is 12.1 Å². The largest absolute Gasteiger partial charge is 0.463 e. The summed E-state index contributed by atoms with van der Waals surface area (Å²) >= 11 is 0. The standard InChI is InChI=1S/C18H14N2O6/c1-19-16(23)14(17(24)20(2)18(19)25)12(21)8-7-10-9-26-13-6-4-3-5-11(13)15(10)22/h3-9,14H,1-2H3/b8-7+. The number of nitrogens with zero attached hydrogens (tertiary/aromatic N) is 2. The Morgan fingerprint density at radius 2 is 1.65 bits per heavy atom. The van der Waals surface area contributed by atoms with Gasteiger partial charge in [0.2, 0.25) is 0 Å². The highest BCUT2D eigenvalue weighted by Gasteiger charge is 2.45. The minimum Gasteiger partial charge on any atom is -0.463 e. The lowest BCUT2D eigenvalue weighted by Crippen LogP contribution is -2.58. The second kappa shape index (κ2) is 6.40. The van der Waals surface area contributed by atoms with Gasteiger partial charge in [-0.25, -0.2) is 4.79 Å². The Bertz CT molecular complexity index is 1010. The van der Waals surface area contributed by atoms with Crippen LogP contribution in [0.25, 0.3) is 17.0 Å². The van der Waals surface area contributed by atoms with Crippen molar-refractivity contribution < 1.29 is 23.6 Å². The number of rotatable bonds is 3. The van der Waals surface area contributed by atoms with Gasteiger partial charge in [0.25, 0.3) is 11.8 Å². The van der Waals surface area contributed by atoms with Crippen molar-refractivity contribution in [2.75, 3.05) is 14.1 Å². The van der Waals surface area contributed by atoms with E-state index in [4.69, 9.17) is 4.42 Å². The zero-order valence-corrected chi connectivity index (χ0v) is 14.0. The van der Waals surface area contributed by atoms with Crippen LogP contribution in [0.2, 0.25) is 0 Å². The number of carbonyl (C=O) groups is 4. The fourth-order valence-corrected chi connectivity index (χ4v) is 2.63. The predicted molar refractivity (Wildman–Crippen MR) is 91.0 cm³/mol. The van der Waals surface area contributed by atoms with Crippen molar-refractivity contribution in [3.8, 4) is 0 Å². The van der Waals surface area contributed by atoms with E-state index < -0.39 is 29.5 Å². The van der Waals surface area contributed by atoms with Crippen LogP contribution < -0.4 is 5.43 Å². The molecule has 0 aliphatic carbocycles. The first-order valence-electron chi connectivity index (χ1n) is 7.64. The lowest BCUT2D eigenvalue weighted by Gasteiger charge is -2.31. The van der Waals surface area contributed by atoms with Gasteiger partial charge in [-0.05, 0) is 24.3 Å². The molecule has 1 saturated heterocycles. The Morgan fingerprint density at radius 3 is 2.31 bits per heavy atom. The molecule has 0 N–H and O–H groups in total. The zero-order valence-electron chi connectivity index (χ0n) is 14.0. The smallest absolute Gasteiger partial charge is 0.332 e. The minimum atomic E-state index is -1.65. The van der Waals surface area contributed by atoms with E-state index in [0.29, 0.717) is 20.8 Å². The molecule has 0 saturated carbocycles. The quantitative estimate of drug-likeness (QED) is 0.602. The summed E-state index contributed by atoms with van der Waals surface area (Å²) in [6.45, 7) is 0. The van der Waals surface area contributed by atoms with Crippen LogP contribution >= 0.6 is 0 Å². The van der Waals surface area contributed by atoms with Gasteiger partial charge < -0.3 is 4.42 Å². The first-order chi connectivity index (χ1) is 12.3. The molecule has 0 radical (unpaired) electrons. The zero-order chi connectivity index (χ0) is 19.0. The molecule has 3 rings (SSSR count). The summed E-state index contributed by atoms with van der Waals surface area (Å²) in [4.78, 5) is 62.0. The molecule has 2 heterocycles. The van der Waals surface area contributed by atoms with Gasteiger partial charge in [0.05, 0.1) is 10.9 Å². The third kappa shape index (κ3) is 2.71. The van der Waals surface area contributed by atoms with Gasteiger partial charge in [0.15, 0.2) is 17.1 Å². The summed E-state index contributed by atoms with van der Waals surface area (Å²) < 4.78 is 5.33. The molecule has 4 amide bonds. The number of fused-ring (bicyclic) bond motifs is 1. The number of benzene rings is 1. The molecule has 1 aromatic heterocycles. The van der Waals surface area contributed by atoms with Crippen molar-refractivity contribution in [2.24, 2.45) is 5.92 Å². The number of ketones is 1. The van der Waals surface area contributed by atoms with Crippen molar-refractivity contribution in [1.82, 2.24) is 9.80 Å². The van der Waals surface area contributed by atoms with E-state index in [1.165, 1.54) is 26.4 Å². The number of para-hydroxylation sites is 1. The molecule has 0 unspecified atom stereocenters. The van der Waals surface area contributed by atoms with Gasteiger partial charge in [-0.3, -0.25) is 29.0 Å². The Labute approximate surface area is 147 Å². The van der Waals surface area contributed by atoms with Gasteiger partial charge >= 0.3 is 6.03 Å². The average molecular weight is 354 g/mol. The highest BCUT2D eigenvalue weighted by Crippen LogP contribution is 2.17. The molecule has 1 fully saturated rings. The lowest BCUT2D eigenvalue weighted by atomic mass is 9.98. The normalized spacial score (nSPS) is 16.2. The average Bonchev–Trinajstić information content (AvgIpc) is 2.64. The summed E-state index contributed by atoms with van der Waals surface area (Å²) in [6.07, 6.45) is 3.36. The molecule has 0 atom stereocenters. The monoisotopic (exact) mass is 354 g/mol. The van der Waals surface area contributed by atoms with Crippen molar-refractivity contribution in [3.05, 3.63) is 52.4 Å². The first-order valence-corrected chi connectivity index (χ1v) is 7.64. The molecule has 1 aromatic carbocycles. The molecule has 1 aliphatic heterocycles. The fraction of sp³-hybridized carbons (Fsp3) is 0.167. The maximum absolute atomic E-state index is 12.4. The summed E-state index contributed by atoms with van der Waals surface area (Å²) in [6, 6.07) is 5.82. The fourth-order valence-electron chi connectivity index (χ4n) is 2.63. The summed E-state index contributed by atoms with van der Waals surface area (Å²) in [5, 5.41) is 0.344. The highest BCUT2D eigenvalue weighted by molar-refractivity contribution is 6.28. The van der Waals surface area contributed by atoms with Crippen molar-refractivity contribution >= 4 is 40.7 Å². The maximum Gasteiger partial charge on any atom is 0.332 e. The molecular weight excluding hydrogens is 340 g/mol. The second-order valence-corrected chi connectivity index (χ2v) is 5.76. The number of carbonyl (C=O) groups excluding carboxylic acids is 4. The van der Waals surface area contributed by atoms with Gasteiger partial charge in [0.1, 0.15) is 11.8 Å². The Morgan fingerprint density at radius 1 is 1.04 bits per heavy atom. The molecule has 0 bridgehead atoms. The SMILES string of the molecule is CN1C(=O)C(C(=O)/C=C/c2coc3ccccc3c2=O)C(=O)N(C)C1=O. The van der Waals surface area contributed by atoms with Crippen LogP contribution in [0.4, 0.5) is 4.79 Å². The molecule has 1 aliphatic rings. The third-order valence-corrected chi connectivity index (χ3v) is 4.15. The van der Waals surface area contributed by atoms with Crippen LogP contribution in [0.1, 0.15) is 5.56 Å².